The van der Waals surface area contributed by atoms with E-state index in [1.807, 2.05) is 30.3 Å². The third-order valence-corrected chi connectivity index (χ3v) is 3.15. The van der Waals surface area contributed by atoms with Crippen LogP contribution in [0.5, 0.6) is 0 Å². The smallest absolute Gasteiger partial charge is 0.248 e. The van der Waals surface area contributed by atoms with E-state index in [0.29, 0.717) is 10.0 Å². The summed E-state index contributed by atoms with van der Waals surface area (Å²) in [5, 5.41) is 3.71. The van der Waals surface area contributed by atoms with Crippen LogP contribution in [-0.2, 0) is 4.79 Å². The molecular weight excluding hydrogens is 281 g/mol. The fraction of sp³-hybridized carbons (Fsp3) is 0. The summed E-state index contributed by atoms with van der Waals surface area (Å²) < 4.78 is 0. The minimum absolute atomic E-state index is 0.197. The molecule has 0 aliphatic rings. The molecule has 0 aromatic heterocycles. The highest BCUT2D eigenvalue weighted by atomic mass is 35.5. The van der Waals surface area contributed by atoms with Crippen LogP contribution in [0.4, 0.5) is 5.69 Å². The molecule has 0 radical (unpaired) electrons. The van der Waals surface area contributed by atoms with Crippen molar-refractivity contribution in [2.45, 2.75) is 0 Å². The lowest BCUT2D eigenvalue weighted by molar-refractivity contribution is -0.111. The normalized spacial score (nSPS) is 10.6. The second-order valence-electron chi connectivity index (χ2n) is 3.86. The first-order valence-corrected chi connectivity index (χ1v) is 6.40. The Morgan fingerprint density at radius 2 is 1.74 bits per heavy atom. The number of para-hydroxylation sites is 1. The molecule has 2 nitrogen and oxygen atoms in total. The van der Waals surface area contributed by atoms with Gasteiger partial charge in [-0.25, -0.2) is 0 Å². The lowest BCUT2D eigenvalue weighted by atomic mass is 10.2. The van der Waals surface area contributed by atoms with Gasteiger partial charge in [0.15, 0.2) is 0 Å². The third-order valence-electron chi connectivity index (χ3n) is 2.41. The Bertz CT molecular complexity index is 609. The Morgan fingerprint density at radius 1 is 1.00 bits per heavy atom. The lowest BCUT2D eigenvalue weighted by Crippen LogP contribution is -2.07. The van der Waals surface area contributed by atoms with Gasteiger partial charge in [-0.15, -0.1) is 0 Å². The SMILES string of the molecule is O=C(/C=C/c1ccc(Cl)c(Cl)c1)Nc1ccccc1. The number of halogens is 2. The number of benzene rings is 2. The Hall–Kier alpha value is -1.77. The van der Waals surface area contributed by atoms with Gasteiger partial charge < -0.3 is 5.32 Å². The van der Waals surface area contributed by atoms with Crippen molar-refractivity contribution in [2.24, 2.45) is 0 Å². The molecule has 4 heteroatoms. The molecule has 96 valence electrons. The molecule has 2 rings (SSSR count). The molecule has 0 unspecified atom stereocenters. The Morgan fingerprint density at radius 3 is 2.42 bits per heavy atom. The minimum Gasteiger partial charge on any atom is -0.323 e. The predicted octanol–water partition coefficient (Wildman–Crippen LogP) is 4.65. The number of rotatable bonds is 3. The summed E-state index contributed by atoms with van der Waals surface area (Å²) in [4.78, 5) is 11.7. The largest absolute Gasteiger partial charge is 0.323 e. The molecule has 0 spiro atoms. The van der Waals surface area contributed by atoms with Crippen LogP contribution in [-0.4, -0.2) is 5.91 Å². The van der Waals surface area contributed by atoms with Gasteiger partial charge in [-0.1, -0.05) is 47.5 Å². The summed E-state index contributed by atoms with van der Waals surface area (Å²) in [5.41, 5.74) is 1.57. The molecule has 0 saturated heterocycles. The predicted molar refractivity (Wildman–Crippen MR) is 80.6 cm³/mol. The van der Waals surface area contributed by atoms with Crippen molar-refractivity contribution >= 4 is 40.9 Å². The fourth-order valence-electron chi connectivity index (χ4n) is 1.49. The maximum Gasteiger partial charge on any atom is 0.248 e. The zero-order chi connectivity index (χ0) is 13.7. The third kappa shape index (κ3) is 4.12. The van der Waals surface area contributed by atoms with Crippen LogP contribution in [0.3, 0.4) is 0 Å². The van der Waals surface area contributed by atoms with E-state index in [9.17, 15) is 4.79 Å². The van der Waals surface area contributed by atoms with E-state index in [1.165, 1.54) is 6.08 Å². The van der Waals surface area contributed by atoms with Crippen LogP contribution in [0.15, 0.2) is 54.6 Å². The molecular formula is C15H11Cl2NO. The quantitative estimate of drug-likeness (QED) is 0.820. The molecule has 0 bridgehead atoms. The molecule has 0 aliphatic carbocycles. The molecule has 0 aliphatic heterocycles. The molecule has 0 saturated carbocycles. The van der Waals surface area contributed by atoms with Crippen LogP contribution >= 0.6 is 23.2 Å². The molecule has 0 fully saturated rings. The topological polar surface area (TPSA) is 29.1 Å². The van der Waals surface area contributed by atoms with E-state index in [4.69, 9.17) is 23.2 Å². The van der Waals surface area contributed by atoms with Crippen LogP contribution in [0, 0.1) is 0 Å². The molecule has 0 atom stereocenters. The van der Waals surface area contributed by atoms with Crippen molar-refractivity contribution in [3.63, 3.8) is 0 Å². The number of hydrogen-bond donors (Lipinski definition) is 1. The van der Waals surface area contributed by atoms with Crippen molar-refractivity contribution in [3.8, 4) is 0 Å². The van der Waals surface area contributed by atoms with Crippen LogP contribution in [0.1, 0.15) is 5.56 Å². The summed E-state index contributed by atoms with van der Waals surface area (Å²) >= 11 is 11.7. The summed E-state index contributed by atoms with van der Waals surface area (Å²) in [6.45, 7) is 0. The second kappa shape index (κ2) is 6.41. The summed E-state index contributed by atoms with van der Waals surface area (Å²) in [6, 6.07) is 14.4. The highest BCUT2D eigenvalue weighted by molar-refractivity contribution is 6.42. The first kappa shape index (κ1) is 13.7. The minimum atomic E-state index is -0.197. The van der Waals surface area contributed by atoms with Crippen molar-refractivity contribution in [1.82, 2.24) is 0 Å². The number of nitrogens with one attached hydrogen (secondary N) is 1. The van der Waals surface area contributed by atoms with Gasteiger partial charge in [-0.3, -0.25) is 4.79 Å². The molecule has 2 aromatic rings. The maximum absolute atomic E-state index is 11.7. The standard InChI is InChI=1S/C15H11Cl2NO/c16-13-8-6-11(10-14(13)17)7-9-15(19)18-12-4-2-1-3-5-12/h1-10H,(H,18,19)/b9-7+. The van der Waals surface area contributed by atoms with Gasteiger partial charge in [0.1, 0.15) is 0 Å². The highest BCUT2D eigenvalue weighted by Gasteiger charge is 1.99. The highest BCUT2D eigenvalue weighted by Crippen LogP contribution is 2.23. The average Bonchev–Trinajstić information content (AvgIpc) is 2.41. The average molecular weight is 292 g/mol. The summed E-state index contributed by atoms with van der Waals surface area (Å²) in [6.07, 6.45) is 3.13. The van der Waals surface area contributed by atoms with Gasteiger partial charge in [0.25, 0.3) is 0 Å². The number of carbonyl (C=O) groups is 1. The molecule has 1 N–H and O–H groups in total. The molecule has 19 heavy (non-hydrogen) atoms. The Kier molecular flexibility index (Phi) is 4.61. The van der Waals surface area contributed by atoms with E-state index in [-0.39, 0.29) is 5.91 Å². The van der Waals surface area contributed by atoms with Crippen LogP contribution < -0.4 is 5.32 Å². The van der Waals surface area contributed by atoms with Gasteiger partial charge >= 0.3 is 0 Å². The fourth-order valence-corrected chi connectivity index (χ4v) is 1.80. The van der Waals surface area contributed by atoms with Crippen LogP contribution in [0.25, 0.3) is 6.08 Å². The monoisotopic (exact) mass is 291 g/mol. The van der Waals surface area contributed by atoms with Gasteiger partial charge in [0.05, 0.1) is 10.0 Å². The van der Waals surface area contributed by atoms with Gasteiger partial charge in [-0.05, 0) is 35.9 Å². The van der Waals surface area contributed by atoms with Crippen molar-refractivity contribution in [1.29, 1.82) is 0 Å². The van der Waals surface area contributed by atoms with Gasteiger partial charge in [-0.2, -0.15) is 0 Å². The first-order valence-electron chi connectivity index (χ1n) is 5.64. The zero-order valence-electron chi connectivity index (χ0n) is 9.94. The van der Waals surface area contributed by atoms with E-state index >= 15 is 0 Å². The number of amides is 1. The molecule has 0 heterocycles. The Balaban J connectivity index is 2.02. The van der Waals surface area contributed by atoms with Crippen molar-refractivity contribution < 1.29 is 4.79 Å². The summed E-state index contributed by atoms with van der Waals surface area (Å²) in [7, 11) is 0. The van der Waals surface area contributed by atoms with E-state index in [1.54, 1.807) is 24.3 Å². The molecule has 2 aromatic carbocycles. The second-order valence-corrected chi connectivity index (χ2v) is 4.68. The van der Waals surface area contributed by atoms with Crippen molar-refractivity contribution in [3.05, 3.63) is 70.2 Å². The van der Waals surface area contributed by atoms with E-state index in [0.717, 1.165) is 11.3 Å². The molecule has 1 amide bonds. The first-order chi connectivity index (χ1) is 9.15. The van der Waals surface area contributed by atoms with Crippen molar-refractivity contribution in [2.75, 3.05) is 5.32 Å². The van der Waals surface area contributed by atoms with E-state index in [2.05, 4.69) is 5.32 Å². The van der Waals surface area contributed by atoms with Gasteiger partial charge in [0.2, 0.25) is 5.91 Å². The van der Waals surface area contributed by atoms with Gasteiger partial charge in [0, 0.05) is 11.8 Å². The zero-order valence-corrected chi connectivity index (χ0v) is 11.4. The Labute approximate surface area is 121 Å². The van der Waals surface area contributed by atoms with Crippen LogP contribution in [0.2, 0.25) is 10.0 Å². The number of hydrogen-bond acceptors (Lipinski definition) is 1. The number of anilines is 1. The van der Waals surface area contributed by atoms with E-state index < -0.39 is 0 Å². The maximum atomic E-state index is 11.7. The lowest BCUT2D eigenvalue weighted by Gasteiger charge is -2.01. The number of carbonyl (C=O) groups excluding carboxylic acids is 1. The summed E-state index contributed by atoms with van der Waals surface area (Å²) in [5.74, 6) is -0.197.